The average Bonchev–Trinajstić information content (AvgIpc) is 2.64. The number of aromatic amines is 1. The van der Waals surface area contributed by atoms with Crippen LogP contribution in [0.25, 0.3) is 0 Å². The van der Waals surface area contributed by atoms with Crippen LogP contribution in [0.15, 0.2) is 55.1 Å². The number of nitrogens with one attached hydrogen (secondary N) is 1. The molecule has 1 N–H and O–H groups in total. The molecule has 0 aliphatic rings. The van der Waals surface area contributed by atoms with Gasteiger partial charge in [-0.1, -0.05) is 36.4 Å². The lowest BCUT2D eigenvalue weighted by molar-refractivity contribution is 1.31. The summed E-state index contributed by atoms with van der Waals surface area (Å²) in [7, 11) is 0. The molecule has 2 nitrogen and oxygen atoms in total. The van der Waals surface area contributed by atoms with Crippen molar-refractivity contribution in [1.82, 2.24) is 9.97 Å². The summed E-state index contributed by atoms with van der Waals surface area (Å²) in [6.07, 6.45) is 5.08. The molecule has 0 saturated carbocycles. The monoisotopic (exact) mass is 226 g/mol. The third-order valence-electron chi connectivity index (χ3n) is 1.07. The van der Waals surface area contributed by atoms with Crippen LogP contribution in [-0.2, 0) is 0 Å². The highest BCUT2D eigenvalue weighted by atomic mass is 79.9. The number of aromatic nitrogens is 2. The highest BCUT2D eigenvalue weighted by Gasteiger charge is 1.58. The second-order valence-corrected chi connectivity index (χ2v) is 1.92. The van der Waals surface area contributed by atoms with Gasteiger partial charge in [-0.15, -0.1) is 17.0 Å². The second-order valence-electron chi connectivity index (χ2n) is 1.92. The molecule has 0 atom stereocenters. The summed E-state index contributed by atoms with van der Waals surface area (Å²) in [5.74, 6) is 0. The zero-order valence-electron chi connectivity index (χ0n) is 6.55. The molecule has 0 bridgehead atoms. The van der Waals surface area contributed by atoms with E-state index in [9.17, 15) is 0 Å². The predicted molar refractivity (Wildman–Crippen MR) is 55.4 cm³/mol. The quantitative estimate of drug-likeness (QED) is 0.736. The molecule has 2 rings (SSSR count). The average molecular weight is 227 g/mol. The van der Waals surface area contributed by atoms with Gasteiger partial charge in [0.2, 0.25) is 0 Å². The van der Waals surface area contributed by atoms with Gasteiger partial charge >= 0.3 is 0 Å². The summed E-state index contributed by atoms with van der Waals surface area (Å²) < 4.78 is 0. The first-order valence-corrected chi connectivity index (χ1v) is 3.43. The molecule has 3 heteroatoms. The predicted octanol–water partition coefficient (Wildman–Crippen LogP) is 2.67. The van der Waals surface area contributed by atoms with E-state index in [4.69, 9.17) is 0 Å². The second kappa shape index (κ2) is 8.01. The molecule has 0 aliphatic carbocycles. The van der Waals surface area contributed by atoms with Crippen molar-refractivity contribution in [2.75, 3.05) is 0 Å². The summed E-state index contributed by atoms with van der Waals surface area (Å²) in [6, 6.07) is 12.0. The van der Waals surface area contributed by atoms with Crippen molar-refractivity contribution in [1.29, 1.82) is 0 Å². The van der Waals surface area contributed by atoms with Gasteiger partial charge in [0.25, 0.3) is 0 Å². The fourth-order valence-corrected chi connectivity index (χ4v) is 0.600. The fourth-order valence-electron chi connectivity index (χ4n) is 0.600. The number of H-pyrrole nitrogens is 1. The van der Waals surface area contributed by atoms with Gasteiger partial charge in [0.05, 0.1) is 6.33 Å². The van der Waals surface area contributed by atoms with E-state index >= 15 is 0 Å². The summed E-state index contributed by atoms with van der Waals surface area (Å²) in [5.41, 5.74) is 0. The molecule has 0 fully saturated rings. The molecule has 1 heterocycles. The number of imidazole rings is 1. The van der Waals surface area contributed by atoms with Gasteiger partial charge in [-0.25, -0.2) is 4.98 Å². The van der Waals surface area contributed by atoms with Gasteiger partial charge in [0.15, 0.2) is 0 Å². The van der Waals surface area contributed by atoms with Crippen LogP contribution in [0.1, 0.15) is 0 Å². The first-order chi connectivity index (χ1) is 5.50. The Hall–Kier alpha value is -1.09. The maximum Gasteiger partial charge on any atom is 0.0919 e. The van der Waals surface area contributed by atoms with Crippen molar-refractivity contribution in [3.05, 3.63) is 55.1 Å². The molecule has 1 aromatic heterocycles. The fraction of sp³-hybridized carbons (Fsp3) is 0. The Balaban J connectivity index is 0.000000189. The van der Waals surface area contributed by atoms with Crippen LogP contribution in [0.3, 0.4) is 0 Å². The largest absolute Gasteiger partial charge is 0.351 e. The Morgan fingerprint density at radius 1 is 0.833 bits per heavy atom. The van der Waals surface area contributed by atoms with Crippen molar-refractivity contribution in [2.24, 2.45) is 0 Å². The lowest BCUT2D eigenvalue weighted by Gasteiger charge is -1.69. The third-order valence-corrected chi connectivity index (χ3v) is 1.07. The zero-order valence-corrected chi connectivity index (χ0v) is 8.26. The van der Waals surface area contributed by atoms with Crippen molar-refractivity contribution >= 4 is 17.0 Å². The van der Waals surface area contributed by atoms with Gasteiger partial charge in [0.1, 0.15) is 0 Å². The third kappa shape index (κ3) is 5.68. The molecular weight excluding hydrogens is 216 g/mol. The summed E-state index contributed by atoms with van der Waals surface area (Å²) in [4.78, 5) is 6.42. The minimum atomic E-state index is 0. The number of hydrogen-bond donors (Lipinski definition) is 1. The number of benzene rings is 1. The summed E-state index contributed by atoms with van der Waals surface area (Å²) in [5, 5.41) is 0. The van der Waals surface area contributed by atoms with Crippen molar-refractivity contribution < 1.29 is 0 Å². The minimum absolute atomic E-state index is 0. The smallest absolute Gasteiger partial charge is 0.0919 e. The van der Waals surface area contributed by atoms with E-state index in [0.29, 0.717) is 0 Å². The van der Waals surface area contributed by atoms with E-state index in [1.54, 1.807) is 18.7 Å². The number of rotatable bonds is 0. The highest BCUT2D eigenvalue weighted by molar-refractivity contribution is 8.93. The van der Waals surface area contributed by atoms with Crippen LogP contribution in [-0.4, -0.2) is 9.97 Å². The van der Waals surface area contributed by atoms with Crippen LogP contribution in [0, 0.1) is 0 Å². The van der Waals surface area contributed by atoms with E-state index < -0.39 is 0 Å². The highest BCUT2D eigenvalue weighted by Crippen LogP contribution is 1.79. The zero-order chi connectivity index (χ0) is 7.78. The van der Waals surface area contributed by atoms with E-state index in [-0.39, 0.29) is 17.0 Å². The first kappa shape index (κ1) is 10.9. The van der Waals surface area contributed by atoms with E-state index in [0.717, 1.165) is 0 Å². The van der Waals surface area contributed by atoms with Crippen LogP contribution >= 0.6 is 17.0 Å². The van der Waals surface area contributed by atoms with E-state index in [2.05, 4.69) is 9.97 Å². The van der Waals surface area contributed by atoms with Crippen molar-refractivity contribution in [3.8, 4) is 0 Å². The molecule has 0 radical (unpaired) electrons. The molecule has 12 heavy (non-hydrogen) atoms. The Kier molecular flexibility index (Phi) is 7.28. The number of halogens is 1. The van der Waals surface area contributed by atoms with Crippen molar-refractivity contribution in [3.63, 3.8) is 0 Å². The van der Waals surface area contributed by atoms with Gasteiger partial charge in [-0.3, -0.25) is 0 Å². The summed E-state index contributed by atoms with van der Waals surface area (Å²) >= 11 is 0. The van der Waals surface area contributed by atoms with Crippen molar-refractivity contribution in [2.45, 2.75) is 0 Å². The number of hydrogen-bond acceptors (Lipinski definition) is 1. The minimum Gasteiger partial charge on any atom is -0.351 e. The normalized spacial score (nSPS) is 7.33. The van der Waals surface area contributed by atoms with Gasteiger partial charge in [-0.05, 0) is 0 Å². The number of nitrogens with zero attached hydrogens (tertiary/aromatic N) is 1. The van der Waals surface area contributed by atoms with Gasteiger partial charge in [0, 0.05) is 12.4 Å². The molecule has 0 aliphatic heterocycles. The Morgan fingerprint density at radius 3 is 1.50 bits per heavy atom. The molecule has 1 aromatic carbocycles. The molecule has 0 saturated heterocycles. The molecule has 2 aromatic rings. The lowest BCUT2D eigenvalue weighted by atomic mass is 10.4. The molecule has 64 valence electrons. The van der Waals surface area contributed by atoms with Crippen LogP contribution < -0.4 is 0 Å². The Morgan fingerprint density at radius 2 is 1.33 bits per heavy atom. The molecule has 0 unspecified atom stereocenters. The molecular formula is C9H11BrN2. The Bertz CT molecular complexity index is 198. The maximum atomic E-state index is 3.67. The molecule has 0 spiro atoms. The van der Waals surface area contributed by atoms with E-state index in [1.165, 1.54) is 0 Å². The first-order valence-electron chi connectivity index (χ1n) is 3.43. The van der Waals surface area contributed by atoms with Gasteiger partial charge in [-0.2, -0.15) is 0 Å². The Labute approximate surface area is 82.4 Å². The van der Waals surface area contributed by atoms with Crippen LogP contribution in [0.2, 0.25) is 0 Å². The van der Waals surface area contributed by atoms with E-state index in [1.807, 2.05) is 36.4 Å². The standard InChI is InChI=1S/C6H6.C3H4N2.BrH/c1-2-4-6-5-3-1;1-2-5-3-4-1;/h1-6H;1-3H,(H,4,5);1H. The maximum absolute atomic E-state index is 3.67. The lowest BCUT2D eigenvalue weighted by Crippen LogP contribution is -1.47. The molecule has 0 amide bonds. The van der Waals surface area contributed by atoms with Crippen LogP contribution in [0.4, 0.5) is 0 Å². The topological polar surface area (TPSA) is 28.7 Å². The van der Waals surface area contributed by atoms with Crippen LogP contribution in [0.5, 0.6) is 0 Å². The summed E-state index contributed by atoms with van der Waals surface area (Å²) in [6.45, 7) is 0. The van der Waals surface area contributed by atoms with Gasteiger partial charge < -0.3 is 4.98 Å². The SMILES string of the molecule is Br.c1c[nH]cn1.c1ccccc1.